The van der Waals surface area contributed by atoms with Crippen LogP contribution >= 0.6 is 0 Å². The molecule has 0 spiro atoms. The van der Waals surface area contributed by atoms with Gasteiger partial charge >= 0.3 is 0 Å². The molecule has 0 aliphatic carbocycles. The van der Waals surface area contributed by atoms with E-state index in [9.17, 15) is 0 Å². The third-order valence-electron chi connectivity index (χ3n) is 2.80. The standard InChI is InChI=1S/C14H13N3O/c1-18-12-8-5-9-17-14(12)15-13(16-17)10-11-6-3-2-4-7-11/h2-9H,10H2,1H3. The second kappa shape index (κ2) is 4.49. The van der Waals surface area contributed by atoms with Gasteiger partial charge in [-0.25, -0.2) is 9.50 Å². The van der Waals surface area contributed by atoms with Crippen LogP contribution in [-0.4, -0.2) is 21.7 Å². The summed E-state index contributed by atoms with van der Waals surface area (Å²) in [5.41, 5.74) is 1.96. The van der Waals surface area contributed by atoms with Crippen molar-refractivity contribution in [3.05, 3.63) is 60.0 Å². The van der Waals surface area contributed by atoms with Crippen molar-refractivity contribution in [1.29, 1.82) is 0 Å². The van der Waals surface area contributed by atoms with Crippen LogP contribution in [0.3, 0.4) is 0 Å². The van der Waals surface area contributed by atoms with Crippen LogP contribution < -0.4 is 4.74 Å². The van der Waals surface area contributed by atoms with Crippen molar-refractivity contribution in [2.45, 2.75) is 6.42 Å². The first-order valence-electron chi connectivity index (χ1n) is 5.79. The quantitative estimate of drug-likeness (QED) is 0.704. The van der Waals surface area contributed by atoms with Crippen LogP contribution in [0.15, 0.2) is 48.7 Å². The van der Waals surface area contributed by atoms with Gasteiger partial charge < -0.3 is 4.74 Å². The average molecular weight is 239 g/mol. The molecule has 0 radical (unpaired) electrons. The van der Waals surface area contributed by atoms with Crippen molar-refractivity contribution in [3.63, 3.8) is 0 Å². The van der Waals surface area contributed by atoms with E-state index in [4.69, 9.17) is 4.74 Å². The molecule has 0 saturated carbocycles. The van der Waals surface area contributed by atoms with Gasteiger partial charge in [-0.3, -0.25) is 0 Å². The maximum Gasteiger partial charge on any atom is 0.198 e. The predicted molar refractivity (Wildman–Crippen MR) is 68.8 cm³/mol. The lowest BCUT2D eigenvalue weighted by Crippen LogP contribution is -1.91. The van der Waals surface area contributed by atoms with Crippen molar-refractivity contribution in [3.8, 4) is 5.75 Å². The first-order chi connectivity index (χ1) is 8.86. The smallest absolute Gasteiger partial charge is 0.198 e. The second-order valence-corrected chi connectivity index (χ2v) is 4.04. The number of hydrogen-bond donors (Lipinski definition) is 0. The molecule has 3 aromatic rings. The third-order valence-corrected chi connectivity index (χ3v) is 2.80. The van der Waals surface area contributed by atoms with Crippen LogP contribution in [0.5, 0.6) is 5.75 Å². The Morgan fingerprint density at radius 2 is 1.94 bits per heavy atom. The largest absolute Gasteiger partial charge is 0.493 e. The maximum atomic E-state index is 5.27. The average Bonchev–Trinajstić information content (AvgIpc) is 2.82. The molecule has 0 fully saturated rings. The van der Waals surface area contributed by atoms with E-state index in [1.54, 1.807) is 11.6 Å². The molecule has 0 N–H and O–H groups in total. The lowest BCUT2D eigenvalue weighted by molar-refractivity contribution is 0.416. The Hall–Kier alpha value is -2.36. The van der Waals surface area contributed by atoms with E-state index in [0.717, 1.165) is 23.6 Å². The number of ether oxygens (including phenoxy) is 1. The van der Waals surface area contributed by atoms with Gasteiger partial charge in [-0.05, 0) is 17.7 Å². The predicted octanol–water partition coefficient (Wildman–Crippen LogP) is 2.33. The number of hydrogen-bond acceptors (Lipinski definition) is 3. The summed E-state index contributed by atoms with van der Waals surface area (Å²) in [4.78, 5) is 4.51. The van der Waals surface area contributed by atoms with Crippen LogP contribution in [0.4, 0.5) is 0 Å². The molecule has 90 valence electrons. The summed E-state index contributed by atoms with van der Waals surface area (Å²) < 4.78 is 7.01. The highest BCUT2D eigenvalue weighted by Gasteiger charge is 2.08. The van der Waals surface area contributed by atoms with Crippen molar-refractivity contribution in [2.24, 2.45) is 0 Å². The Bertz CT molecular complexity index is 661. The van der Waals surface area contributed by atoms with Gasteiger partial charge in [0.15, 0.2) is 17.2 Å². The normalized spacial score (nSPS) is 10.7. The molecule has 0 unspecified atom stereocenters. The molecule has 0 aliphatic rings. The highest BCUT2D eigenvalue weighted by atomic mass is 16.5. The molecule has 0 aliphatic heterocycles. The zero-order valence-corrected chi connectivity index (χ0v) is 10.1. The lowest BCUT2D eigenvalue weighted by Gasteiger charge is -1.98. The first-order valence-corrected chi connectivity index (χ1v) is 5.79. The number of benzene rings is 1. The van der Waals surface area contributed by atoms with Crippen molar-refractivity contribution in [1.82, 2.24) is 14.6 Å². The zero-order valence-electron chi connectivity index (χ0n) is 10.1. The van der Waals surface area contributed by atoms with Gasteiger partial charge in [0.1, 0.15) is 0 Å². The van der Waals surface area contributed by atoms with E-state index in [0.29, 0.717) is 0 Å². The van der Waals surface area contributed by atoms with E-state index in [2.05, 4.69) is 22.2 Å². The summed E-state index contributed by atoms with van der Waals surface area (Å²) in [6.45, 7) is 0. The van der Waals surface area contributed by atoms with E-state index in [-0.39, 0.29) is 0 Å². The summed E-state index contributed by atoms with van der Waals surface area (Å²) in [5.74, 6) is 1.54. The summed E-state index contributed by atoms with van der Waals surface area (Å²) in [7, 11) is 1.64. The molecule has 0 bridgehead atoms. The zero-order chi connectivity index (χ0) is 12.4. The minimum absolute atomic E-state index is 0.728. The number of rotatable bonds is 3. The van der Waals surface area contributed by atoms with E-state index in [1.165, 1.54) is 5.56 Å². The number of methoxy groups -OCH3 is 1. The monoisotopic (exact) mass is 239 g/mol. The molecule has 4 nitrogen and oxygen atoms in total. The molecule has 0 atom stereocenters. The molecule has 0 saturated heterocycles. The Kier molecular flexibility index (Phi) is 2.68. The molecule has 18 heavy (non-hydrogen) atoms. The van der Waals surface area contributed by atoms with E-state index < -0.39 is 0 Å². The summed E-state index contributed by atoms with van der Waals surface area (Å²) >= 11 is 0. The summed E-state index contributed by atoms with van der Waals surface area (Å²) in [5, 5.41) is 4.44. The molecular weight excluding hydrogens is 226 g/mol. The van der Waals surface area contributed by atoms with Gasteiger partial charge in [0.05, 0.1) is 7.11 Å². The van der Waals surface area contributed by atoms with Crippen LogP contribution in [0.2, 0.25) is 0 Å². The SMILES string of the molecule is COc1cccn2nc(Cc3ccccc3)nc12. The van der Waals surface area contributed by atoms with Gasteiger partial charge in [0, 0.05) is 12.6 Å². The van der Waals surface area contributed by atoms with Crippen LogP contribution in [-0.2, 0) is 6.42 Å². The van der Waals surface area contributed by atoms with Crippen LogP contribution in [0, 0.1) is 0 Å². The molecule has 1 aromatic carbocycles. The van der Waals surface area contributed by atoms with Crippen molar-refractivity contribution >= 4 is 5.65 Å². The Morgan fingerprint density at radius 1 is 1.11 bits per heavy atom. The van der Waals surface area contributed by atoms with Gasteiger partial charge in [0.2, 0.25) is 0 Å². The topological polar surface area (TPSA) is 39.4 Å². The minimum atomic E-state index is 0.728. The van der Waals surface area contributed by atoms with Crippen molar-refractivity contribution in [2.75, 3.05) is 7.11 Å². The molecular formula is C14H13N3O. The van der Waals surface area contributed by atoms with Crippen LogP contribution in [0.25, 0.3) is 5.65 Å². The Morgan fingerprint density at radius 3 is 2.72 bits per heavy atom. The molecule has 3 rings (SSSR count). The Balaban J connectivity index is 1.99. The number of aromatic nitrogens is 3. The molecule has 0 amide bonds. The highest BCUT2D eigenvalue weighted by Crippen LogP contribution is 2.17. The number of fused-ring (bicyclic) bond motifs is 1. The van der Waals surface area contributed by atoms with Crippen molar-refractivity contribution < 1.29 is 4.74 Å². The second-order valence-electron chi connectivity index (χ2n) is 4.04. The van der Waals surface area contributed by atoms with Gasteiger partial charge in [-0.1, -0.05) is 30.3 Å². The third kappa shape index (κ3) is 1.93. The van der Waals surface area contributed by atoms with E-state index in [1.807, 2.05) is 36.5 Å². The number of nitrogens with zero attached hydrogens (tertiary/aromatic N) is 3. The Labute approximate surface area is 105 Å². The highest BCUT2D eigenvalue weighted by molar-refractivity contribution is 5.52. The molecule has 2 heterocycles. The molecule has 4 heteroatoms. The molecule has 2 aromatic heterocycles. The number of pyridine rings is 1. The summed E-state index contributed by atoms with van der Waals surface area (Å²) in [6.07, 6.45) is 2.60. The fourth-order valence-corrected chi connectivity index (χ4v) is 1.94. The summed E-state index contributed by atoms with van der Waals surface area (Å²) in [6, 6.07) is 14.0. The fourth-order valence-electron chi connectivity index (χ4n) is 1.94. The fraction of sp³-hybridized carbons (Fsp3) is 0.143. The first kappa shape index (κ1) is 10.8. The van der Waals surface area contributed by atoms with Gasteiger partial charge in [0.25, 0.3) is 0 Å². The lowest BCUT2D eigenvalue weighted by atomic mass is 10.1. The van der Waals surface area contributed by atoms with Gasteiger partial charge in [-0.2, -0.15) is 5.10 Å². The minimum Gasteiger partial charge on any atom is -0.493 e. The van der Waals surface area contributed by atoms with E-state index >= 15 is 0 Å². The van der Waals surface area contributed by atoms with Gasteiger partial charge in [-0.15, -0.1) is 0 Å². The maximum absolute atomic E-state index is 5.27. The van der Waals surface area contributed by atoms with Crippen LogP contribution in [0.1, 0.15) is 11.4 Å².